The Kier molecular flexibility index (Phi) is 5.07. The van der Waals surface area contributed by atoms with E-state index in [9.17, 15) is 0 Å². The fourth-order valence-corrected chi connectivity index (χ4v) is 3.14. The zero-order valence-corrected chi connectivity index (χ0v) is 13.8. The van der Waals surface area contributed by atoms with Crippen molar-refractivity contribution >= 4 is 27.3 Å². The highest BCUT2D eigenvalue weighted by molar-refractivity contribution is 9.10. The summed E-state index contributed by atoms with van der Waals surface area (Å²) in [6.45, 7) is 7.22. The number of nitrogens with zero attached hydrogens (tertiary/aromatic N) is 2. The van der Waals surface area contributed by atoms with Crippen LogP contribution in [0.5, 0.6) is 0 Å². The first kappa shape index (κ1) is 14.6. The number of thiazole rings is 1. The lowest BCUT2D eigenvalue weighted by Crippen LogP contribution is -2.23. The number of aromatic nitrogens is 2. The number of aryl methyl sites for hydroxylation is 2. The van der Waals surface area contributed by atoms with Gasteiger partial charge in [-0.2, -0.15) is 0 Å². The third kappa shape index (κ3) is 3.84. The van der Waals surface area contributed by atoms with Gasteiger partial charge in [0, 0.05) is 22.0 Å². The van der Waals surface area contributed by atoms with Crippen molar-refractivity contribution < 1.29 is 0 Å². The van der Waals surface area contributed by atoms with Gasteiger partial charge in [-0.3, -0.25) is 4.98 Å². The lowest BCUT2D eigenvalue weighted by Gasteiger charge is -2.16. The zero-order valence-electron chi connectivity index (χ0n) is 11.4. The van der Waals surface area contributed by atoms with Gasteiger partial charge in [-0.15, -0.1) is 11.3 Å². The van der Waals surface area contributed by atoms with Gasteiger partial charge in [0.2, 0.25) is 0 Å². The Bertz CT molecular complexity index is 517. The maximum Gasteiger partial charge on any atom is 0.0950 e. The lowest BCUT2D eigenvalue weighted by atomic mass is 10.1. The molecule has 2 heterocycles. The number of rotatable bonds is 5. The summed E-state index contributed by atoms with van der Waals surface area (Å²) in [5.74, 6) is 0. The van der Waals surface area contributed by atoms with Crippen LogP contribution in [0.1, 0.15) is 34.2 Å². The van der Waals surface area contributed by atoms with Crippen molar-refractivity contribution in [1.29, 1.82) is 0 Å². The summed E-state index contributed by atoms with van der Waals surface area (Å²) >= 11 is 5.20. The van der Waals surface area contributed by atoms with Crippen molar-refractivity contribution in [3.63, 3.8) is 0 Å². The van der Waals surface area contributed by atoms with E-state index in [4.69, 9.17) is 0 Å². The highest BCUT2D eigenvalue weighted by Crippen LogP contribution is 2.23. The maximum atomic E-state index is 4.62. The van der Waals surface area contributed by atoms with E-state index >= 15 is 0 Å². The van der Waals surface area contributed by atoms with Crippen LogP contribution < -0.4 is 5.32 Å². The Balaban J connectivity index is 2.18. The number of nitrogens with one attached hydrogen (secondary N) is 1. The molecule has 102 valence electrons. The van der Waals surface area contributed by atoms with Gasteiger partial charge >= 0.3 is 0 Å². The largest absolute Gasteiger partial charge is 0.309 e. The van der Waals surface area contributed by atoms with E-state index in [0.29, 0.717) is 0 Å². The highest BCUT2D eigenvalue weighted by atomic mass is 79.9. The van der Waals surface area contributed by atoms with E-state index in [1.807, 2.05) is 12.3 Å². The molecular formula is C14H18BrN3S. The second kappa shape index (κ2) is 6.59. The van der Waals surface area contributed by atoms with Crippen molar-refractivity contribution in [1.82, 2.24) is 15.3 Å². The predicted molar refractivity (Wildman–Crippen MR) is 83.6 cm³/mol. The summed E-state index contributed by atoms with van der Waals surface area (Å²) in [6, 6.07) is 4.32. The fraction of sp³-hybridized carbons (Fsp3) is 0.429. The van der Waals surface area contributed by atoms with E-state index in [-0.39, 0.29) is 6.04 Å². The molecule has 0 aliphatic rings. The molecule has 0 aliphatic heterocycles. The first-order valence-electron chi connectivity index (χ1n) is 6.38. The number of hydrogen-bond acceptors (Lipinski definition) is 4. The van der Waals surface area contributed by atoms with E-state index in [2.05, 4.69) is 58.1 Å². The van der Waals surface area contributed by atoms with Crippen LogP contribution in [0, 0.1) is 13.8 Å². The normalized spacial score (nSPS) is 12.6. The zero-order chi connectivity index (χ0) is 13.8. The van der Waals surface area contributed by atoms with Gasteiger partial charge in [0.1, 0.15) is 0 Å². The molecule has 19 heavy (non-hydrogen) atoms. The van der Waals surface area contributed by atoms with Gasteiger partial charge in [-0.25, -0.2) is 4.98 Å². The van der Waals surface area contributed by atoms with Gasteiger partial charge in [0.15, 0.2) is 0 Å². The highest BCUT2D eigenvalue weighted by Gasteiger charge is 2.15. The summed E-state index contributed by atoms with van der Waals surface area (Å²) < 4.78 is 1.01. The summed E-state index contributed by atoms with van der Waals surface area (Å²) in [4.78, 5) is 10.4. The Labute approximate surface area is 126 Å². The maximum absolute atomic E-state index is 4.62. The third-order valence-corrected chi connectivity index (χ3v) is 4.57. The molecule has 0 spiro atoms. The molecule has 0 amide bonds. The lowest BCUT2D eigenvalue weighted by molar-refractivity contribution is 0.535. The van der Waals surface area contributed by atoms with E-state index in [1.54, 1.807) is 11.3 Å². The number of halogens is 1. The van der Waals surface area contributed by atoms with E-state index in [1.165, 1.54) is 9.88 Å². The van der Waals surface area contributed by atoms with Gasteiger partial charge < -0.3 is 5.32 Å². The van der Waals surface area contributed by atoms with Crippen LogP contribution in [-0.2, 0) is 6.42 Å². The standard InChI is InChI=1S/C14H18BrN3S/c1-4-16-13(12-6-5-11(15)8-17-12)7-14-18-9(2)10(3)19-14/h5-6,8,13,16H,4,7H2,1-3H3. The van der Waals surface area contributed by atoms with Gasteiger partial charge in [-0.1, -0.05) is 6.92 Å². The topological polar surface area (TPSA) is 37.8 Å². The molecule has 1 unspecified atom stereocenters. The van der Waals surface area contributed by atoms with Crippen LogP contribution in [0.15, 0.2) is 22.8 Å². The Morgan fingerprint density at radius 2 is 2.16 bits per heavy atom. The number of likely N-dealkylation sites (N-methyl/N-ethyl adjacent to an activating group) is 1. The number of hydrogen-bond donors (Lipinski definition) is 1. The molecule has 1 N–H and O–H groups in total. The minimum atomic E-state index is 0.225. The van der Waals surface area contributed by atoms with Gasteiger partial charge in [0.25, 0.3) is 0 Å². The molecular weight excluding hydrogens is 322 g/mol. The molecule has 5 heteroatoms. The molecule has 2 aromatic heterocycles. The molecule has 1 atom stereocenters. The van der Waals surface area contributed by atoms with Crippen molar-refractivity contribution in [2.75, 3.05) is 6.54 Å². The Hall–Kier alpha value is -0.780. The van der Waals surface area contributed by atoms with Crippen LogP contribution in [0.25, 0.3) is 0 Å². The predicted octanol–water partition coefficient (Wildman–Crippen LogP) is 3.81. The Morgan fingerprint density at radius 1 is 1.37 bits per heavy atom. The molecule has 0 bridgehead atoms. The minimum Gasteiger partial charge on any atom is -0.309 e. The summed E-state index contributed by atoms with van der Waals surface area (Å²) in [7, 11) is 0. The van der Waals surface area contributed by atoms with Crippen LogP contribution in [-0.4, -0.2) is 16.5 Å². The molecule has 0 saturated heterocycles. The molecule has 0 aliphatic carbocycles. The van der Waals surface area contributed by atoms with Crippen molar-refractivity contribution in [2.45, 2.75) is 33.2 Å². The molecule has 0 saturated carbocycles. The second-order valence-corrected chi connectivity index (χ2v) is 6.67. The monoisotopic (exact) mass is 339 g/mol. The molecule has 3 nitrogen and oxygen atoms in total. The first-order valence-corrected chi connectivity index (χ1v) is 7.98. The van der Waals surface area contributed by atoms with E-state index in [0.717, 1.165) is 28.8 Å². The van der Waals surface area contributed by atoms with Crippen molar-refractivity contribution in [3.8, 4) is 0 Å². The molecule has 0 fully saturated rings. The summed E-state index contributed by atoms with van der Waals surface area (Å²) in [6.07, 6.45) is 2.74. The molecule has 0 radical (unpaired) electrons. The molecule has 2 rings (SSSR count). The van der Waals surface area contributed by atoms with Crippen LogP contribution in [0.3, 0.4) is 0 Å². The quantitative estimate of drug-likeness (QED) is 0.899. The molecule has 0 aromatic carbocycles. The average Bonchev–Trinajstić information content (AvgIpc) is 2.69. The first-order chi connectivity index (χ1) is 9.10. The van der Waals surface area contributed by atoms with Crippen LogP contribution in [0.2, 0.25) is 0 Å². The van der Waals surface area contributed by atoms with Gasteiger partial charge in [0.05, 0.1) is 22.4 Å². The summed E-state index contributed by atoms with van der Waals surface area (Å²) in [5.41, 5.74) is 2.20. The summed E-state index contributed by atoms with van der Waals surface area (Å²) in [5, 5.41) is 4.66. The molecule has 2 aromatic rings. The Morgan fingerprint density at radius 3 is 2.68 bits per heavy atom. The fourth-order valence-electron chi connectivity index (χ4n) is 1.92. The smallest absolute Gasteiger partial charge is 0.0950 e. The average molecular weight is 340 g/mol. The second-order valence-electron chi connectivity index (χ2n) is 4.46. The van der Waals surface area contributed by atoms with Crippen LogP contribution >= 0.6 is 27.3 Å². The van der Waals surface area contributed by atoms with E-state index < -0.39 is 0 Å². The van der Waals surface area contributed by atoms with Crippen molar-refractivity contribution in [3.05, 3.63) is 44.1 Å². The minimum absolute atomic E-state index is 0.225. The SMILES string of the molecule is CCNC(Cc1nc(C)c(C)s1)c1ccc(Br)cn1. The van der Waals surface area contributed by atoms with Crippen LogP contribution in [0.4, 0.5) is 0 Å². The number of pyridine rings is 1. The van der Waals surface area contributed by atoms with Gasteiger partial charge in [-0.05, 0) is 48.5 Å². The third-order valence-electron chi connectivity index (χ3n) is 3.01. The van der Waals surface area contributed by atoms with Crippen molar-refractivity contribution in [2.24, 2.45) is 0 Å².